The van der Waals surface area contributed by atoms with Crippen molar-refractivity contribution in [1.29, 1.82) is 0 Å². The maximum Gasteiger partial charge on any atom is 0.118 e. The molecule has 0 fully saturated rings. The molecule has 1 aromatic rings. The Morgan fingerprint density at radius 1 is 1.05 bits per heavy atom. The number of rotatable bonds is 10. The first-order valence-electron chi connectivity index (χ1n) is 7.42. The van der Waals surface area contributed by atoms with Crippen LogP contribution in [0.15, 0.2) is 24.3 Å². The van der Waals surface area contributed by atoms with E-state index in [9.17, 15) is 0 Å². The third-order valence-electron chi connectivity index (χ3n) is 3.41. The van der Waals surface area contributed by atoms with Crippen LogP contribution < -0.4 is 4.74 Å². The molecule has 0 radical (unpaired) electrons. The molecular weight excluding hydrogens is 272 g/mol. The molecule has 0 bridgehead atoms. The fourth-order valence-corrected chi connectivity index (χ4v) is 2.26. The summed E-state index contributed by atoms with van der Waals surface area (Å²) in [5.41, 5.74) is 1.30. The summed E-state index contributed by atoms with van der Waals surface area (Å²) in [5.74, 6) is 2.76. The predicted molar refractivity (Wildman–Crippen MR) is 85.8 cm³/mol. The quantitative estimate of drug-likeness (QED) is 0.466. The molecule has 20 heavy (non-hydrogen) atoms. The van der Waals surface area contributed by atoms with Gasteiger partial charge >= 0.3 is 0 Å². The minimum absolute atomic E-state index is 0.476. The van der Waals surface area contributed by atoms with E-state index in [1.807, 2.05) is 12.1 Å². The first-order valence-corrected chi connectivity index (χ1v) is 7.95. The van der Waals surface area contributed by atoms with Crippen LogP contribution in [-0.2, 0) is 11.2 Å². The van der Waals surface area contributed by atoms with Crippen molar-refractivity contribution >= 4 is 11.6 Å². The fourth-order valence-electron chi connectivity index (χ4n) is 2.00. The van der Waals surface area contributed by atoms with Gasteiger partial charge in [0.05, 0.1) is 7.11 Å². The highest BCUT2D eigenvalue weighted by atomic mass is 35.5. The van der Waals surface area contributed by atoms with E-state index in [1.165, 1.54) is 5.56 Å². The van der Waals surface area contributed by atoms with Gasteiger partial charge in [-0.25, -0.2) is 0 Å². The molecule has 0 amide bonds. The lowest BCUT2D eigenvalue weighted by atomic mass is 9.98. The van der Waals surface area contributed by atoms with E-state index in [1.54, 1.807) is 7.11 Å². The second-order valence-electron chi connectivity index (χ2n) is 5.66. The average Bonchev–Trinajstić information content (AvgIpc) is 2.46. The van der Waals surface area contributed by atoms with Crippen LogP contribution >= 0.6 is 11.6 Å². The first-order chi connectivity index (χ1) is 9.65. The maximum atomic E-state index is 6.06. The van der Waals surface area contributed by atoms with Crippen molar-refractivity contribution in [3.63, 3.8) is 0 Å². The smallest absolute Gasteiger partial charge is 0.118 e. The maximum absolute atomic E-state index is 6.06. The van der Waals surface area contributed by atoms with E-state index in [4.69, 9.17) is 21.1 Å². The Bertz CT molecular complexity index is 349. The zero-order valence-electron chi connectivity index (χ0n) is 12.9. The van der Waals surface area contributed by atoms with Crippen LogP contribution in [0.1, 0.15) is 32.3 Å². The molecule has 0 N–H and O–H groups in total. The topological polar surface area (TPSA) is 18.5 Å². The van der Waals surface area contributed by atoms with Gasteiger partial charge in [0, 0.05) is 19.1 Å². The van der Waals surface area contributed by atoms with Crippen molar-refractivity contribution in [3.8, 4) is 5.75 Å². The summed E-state index contributed by atoms with van der Waals surface area (Å²) >= 11 is 6.06. The molecule has 0 aliphatic heterocycles. The van der Waals surface area contributed by atoms with Crippen LogP contribution in [0.2, 0.25) is 0 Å². The monoisotopic (exact) mass is 298 g/mol. The van der Waals surface area contributed by atoms with E-state index in [2.05, 4.69) is 26.0 Å². The molecule has 0 aromatic heterocycles. The lowest BCUT2D eigenvalue weighted by Gasteiger charge is -2.14. The Morgan fingerprint density at radius 2 is 1.70 bits per heavy atom. The van der Waals surface area contributed by atoms with Gasteiger partial charge in [-0.15, -0.1) is 11.6 Å². The van der Waals surface area contributed by atoms with E-state index in [-0.39, 0.29) is 0 Å². The highest BCUT2D eigenvalue weighted by molar-refractivity contribution is 6.18. The second kappa shape index (κ2) is 10.1. The van der Waals surface area contributed by atoms with Crippen LogP contribution in [0.3, 0.4) is 0 Å². The third-order valence-corrected chi connectivity index (χ3v) is 3.85. The third kappa shape index (κ3) is 7.16. The molecule has 2 nitrogen and oxygen atoms in total. The van der Waals surface area contributed by atoms with E-state index in [0.29, 0.717) is 17.7 Å². The molecule has 1 atom stereocenters. The Labute approximate surface area is 128 Å². The summed E-state index contributed by atoms with van der Waals surface area (Å²) in [5, 5.41) is 0. The number of alkyl halides is 1. The highest BCUT2D eigenvalue weighted by Gasteiger charge is 2.09. The average molecular weight is 299 g/mol. The number of ether oxygens (including phenoxy) is 2. The summed E-state index contributed by atoms with van der Waals surface area (Å²) in [6.07, 6.45) is 3.15. The molecule has 1 aromatic carbocycles. The minimum atomic E-state index is 0.476. The van der Waals surface area contributed by atoms with Crippen molar-refractivity contribution in [1.82, 2.24) is 0 Å². The van der Waals surface area contributed by atoms with Crippen LogP contribution in [-0.4, -0.2) is 26.2 Å². The van der Waals surface area contributed by atoms with Gasteiger partial charge in [-0.2, -0.15) is 0 Å². The summed E-state index contributed by atoms with van der Waals surface area (Å²) in [6.45, 7) is 6.10. The number of benzene rings is 1. The SMILES string of the molecule is COc1ccc(CC(CCl)CCOCCC(C)C)cc1. The standard InChI is InChI=1S/C17H27ClO2/c1-14(2)8-10-20-11-9-16(13-18)12-15-4-6-17(19-3)7-5-15/h4-7,14,16H,8-13H2,1-3H3. The Hall–Kier alpha value is -0.730. The van der Waals surface area contributed by atoms with Gasteiger partial charge in [0.25, 0.3) is 0 Å². The van der Waals surface area contributed by atoms with Gasteiger partial charge in [0.1, 0.15) is 5.75 Å². The zero-order valence-corrected chi connectivity index (χ0v) is 13.7. The fraction of sp³-hybridized carbons (Fsp3) is 0.647. The Kier molecular flexibility index (Phi) is 8.72. The van der Waals surface area contributed by atoms with Gasteiger partial charge in [-0.05, 0) is 48.8 Å². The molecular formula is C17H27ClO2. The summed E-state index contributed by atoms with van der Waals surface area (Å²) < 4.78 is 10.8. The molecule has 0 aliphatic rings. The Balaban J connectivity index is 2.27. The van der Waals surface area contributed by atoms with Crippen LogP contribution in [0.25, 0.3) is 0 Å². The van der Waals surface area contributed by atoms with Crippen LogP contribution in [0, 0.1) is 11.8 Å². The molecule has 114 valence electrons. The lowest BCUT2D eigenvalue weighted by Crippen LogP contribution is -2.11. The van der Waals surface area contributed by atoms with E-state index >= 15 is 0 Å². The van der Waals surface area contributed by atoms with Crippen LogP contribution in [0.4, 0.5) is 0 Å². The first kappa shape index (κ1) is 17.3. The number of halogens is 1. The van der Waals surface area contributed by atoms with Crippen molar-refractivity contribution in [2.45, 2.75) is 33.1 Å². The zero-order chi connectivity index (χ0) is 14.8. The van der Waals surface area contributed by atoms with Gasteiger partial charge in [0.2, 0.25) is 0 Å². The van der Waals surface area contributed by atoms with E-state index < -0.39 is 0 Å². The Morgan fingerprint density at radius 3 is 2.25 bits per heavy atom. The molecule has 3 heteroatoms. The largest absolute Gasteiger partial charge is 0.497 e. The second-order valence-corrected chi connectivity index (χ2v) is 5.96. The van der Waals surface area contributed by atoms with Gasteiger partial charge in [-0.1, -0.05) is 26.0 Å². The number of hydrogen-bond donors (Lipinski definition) is 0. The molecule has 1 unspecified atom stereocenters. The lowest BCUT2D eigenvalue weighted by molar-refractivity contribution is 0.112. The van der Waals surface area contributed by atoms with Crippen molar-refractivity contribution in [3.05, 3.63) is 29.8 Å². The van der Waals surface area contributed by atoms with Crippen molar-refractivity contribution in [2.24, 2.45) is 11.8 Å². The molecule has 0 spiro atoms. The number of hydrogen-bond acceptors (Lipinski definition) is 2. The summed E-state index contributed by atoms with van der Waals surface area (Å²) in [7, 11) is 1.69. The molecule has 0 saturated heterocycles. The molecule has 0 saturated carbocycles. The van der Waals surface area contributed by atoms with Crippen molar-refractivity contribution in [2.75, 3.05) is 26.2 Å². The highest BCUT2D eigenvalue weighted by Crippen LogP contribution is 2.17. The minimum Gasteiger partial charge on any atom is -0.497 e. The predicted octanol–water partition coefficient (Wildman–Crippen LogP) is 4.55. The summed E-state index contributed by atoms with van der Waals surface area (Å²) in [6, 6.07) is 8.22. The molecule has 0 aliphatic carbocycles. The number of methoxy groups -OCH3 is 1. The summed E-state index contributed by atoms with van der Waals surface area (Å²) in [4.78, 5) is 0. The molecule has 1 rings (SSSR count). The molecule has 0 heterocycles. The normalized spacial score (nSPS) is 12.7. The van der Waals surface area contributed by atoms with E-state index in [0.717, 1.165) is 38.2 Å². The van der Waals surface area contributed by atoms with Crippen LogP contribution in [0.5, 0.6) is 5.75 Å². The van der Waals surface area contributed by atoms with Gasteiger partial charge in [0.15, 0.2) is 0 Å². The van der Waals surface area contributed by atoms with Gasteiger partial charge < -0.3 is 9.47 Å². The van der Waals surface area contributed by atoms with Crippen molar-refractivity contribution < 1.29 is 9.47 Å². The van der Waals surface area contributed by atoms with Gasteiger partial charge in [-0.3, -0.25) is 0 Å².